The van der Waals surface area contributed by atoms with E-state index in [1.165, 1.54) is 31.2 Å². The van der Waals surface area contributed by atoms with Gasteiger partial charge in [0.15, 0.2) is 0 Å². The van der Waals surface area contributed by atoms with Crippen LogP contribution in [0.4, 0.5) is 5.69 Å². The van der Waals surface area contributed by atoms with E-state index >= 15 is 0 Å². The first-order valence-electron chi connectivity index (χ1n) is 5.97. The monoisotopic (exact) mass is 203 g/mol. The second-order valence-electron chi connectivity index (χ2n) is 4.84. The van der Waals surface area contributed by atoms with Gasteiger partial charge in [-0.15, -0.1) is 0 Å². The van der Waals surface area contributed by atoms with Crippen molar-refractivity contribution in [3.05, 3.63) is 17.0 Å². The second kappa shape index (κ2) is 3.47. The molecule has 3 rings (SSSR count). The Morgan fingerprint density at radius 2 is 2.00 bits per heavy atom. The van der Waals surface area contributed by atoms with Gasteiger partial charge >= 0.3 is 0 Å². The second-order valence-corrected chi connectivity index (χ2v) is 4.84. The van der Waals surface area contributed by atoms with Gasteiger partial charge in [-0.1, -0.05) is 19.3 Å². The minimum Gasteiger partial charge on any atom is -0.397 e. The molecule has 3 heteroatoms. The molecule has 1 aromatic rings. The van der Waals surface area contributed by atoms with Gasteiger partial charge in [-0.2, -0.15) is 10.2 Å². The Kier molecular flexibility index (Phi) is 2.11. The van der Waals surface area contributed by atoms with E-state index in [9.17, 15) is 0 Å². The number of nitrogen functional groups attached to an aromatic ring is 1. The molecule has 80 valence electrons. The highest BCUT2D eigenvalue weighted by Crippen LogP contribution is 2.33. The summed E-state index contributed by atoms with van der Waals surface area (Å²) in [5.41, 5.74) is 10.6. The van der Waals surface area contributed by atoms with Crippen molar-refractivity contribution in [1.29, 1.82) is 0 Å². The van der Waals surface area contributed by atoms with Gasteiger partial charge in [-0.05, 0) is 31.6 Å². The normalized spacial score (nSPS) is 20.0. The number of hydrogen-bond acceptors (Lipinski definition) is 3. The fourth-order valence-corrected chi connectivity index (χ4v) is 2.60. The molecule has 0 aliphatic heterocycles. The molecule has 2 N–H and O–H groups in total. The zero-order valence-corrected chi connectivity index (χ0v) is 9.00. The Hall–Kier alpha value is -1.12. The first-order valence-corrected chi connectivity index (χ1v) is 5.97. The topological polar surface area (TPSA) is 51.8 Å². The van der Waals surface area contributed by atoms with Gasteiger partial charge in [0.05, 0.1) is 17.1 Å². The summed E-state index contributed by atoms with van der Waals surface area (Å²) >= 11 is 0. The van der Waals surface area contributed by atoms with Crippen LogP contribution < -0.4 is 5.73 Å². The minimum absolute atomic E-state index is 0.820. The van der Waals surface area contributed by atoms with Crippen molar-refractivity contribution in [2.75, 3.05) is 5.73 Å². The van der Waals surface area contributed by atoms with Crippen molar-refractivity contribution < 1.29 is 0 Å². The van der Waals surface area contributed by atoms with Gasteiger partial charge in [0.1, 0.15) is 0 Å². The van der Waals surface area contributed by atoms with Crippen molar-refractivity contribution in [3.63, 3.8) is 0 Å². The lowest BCUT2D eigenvalue weighted by Crippen LogP contribution is -2.17. The maximum Gasteiger partial charge on any atom is 0.0865 e. The van der Waals surface area contributed by atoms with Crippen molar-refractivity contribution in [3.8, 4) is 0 Å². The third-order valence-corrected chi connectivity index (χ3v) is 3.82. The Balaban J connectivity index is 1.88. The molecule has 0 radical (unpaired) electrons. The van der Waals surface area contributed by atoms with Crippen molar-refractivity contribution >= 4 is 5.69 Å². The first-order chi connectivity index (χ1) is 7.34. The van der Waals surface area contributed by atoms with Crippen LogP contribution in [-0.4, -0.2) is 10.2 Å². The third kappa shape index (κ3) is 1.50. The zero-order valence-electron chi connectivity index (χ0n) is 9.00. The van der Waals surface area contributed by atoms with Crippen LogP contribution in [0.15, 0.2) is 0 Å². The Morgan fingerprint density at radius 1 is 1.13 bits per heavy atom. The van der Waals surface area contributed by atoms with E-state index in [-0.39, 0.29) is 0 Å². The fraction of sp³-hybridized carbons (Fsp3) is 0.667. The number of nitrogens with zero attached hydrogens (tertiary/aromatic N) is 2. The van der Waals surface area contributed by atoms with E-state index in [0.29, 0.717) is 0 Å². The Labute approximate surface area is 90.1 Å². The molecule has 0 saturated heterocycles. The van der Waals surface area contributed by atoms with Crippen LogP contribution in [0, 0.1) is 5.92 Å². The van der Waals surface area contributed by atoms with E-state index in [1.54, 1.807) is 0 Å². The SMILES string of the molecule is Nc1c(CC2CCC2)nnc2c1CCC2. The minimum atomic E-state index is 0.820. The first kappa shape index (κ1) is 9.13. The fourth-order valence-electron chi connectivity index (χ4n) is 2.60. The van der Waals surface area contributed by atoms with Crippen LogP contribution in [0.3, 0.4) is 0 Å². The van der Waals surface area contributed by atoms with Gasteiger partial charge in [0.25, 0.3) is 0 Å². The van der Waals surface area contributed by atoms with Crippen LogP contribution >= 0.6 is 0 Å². The molecular weight excluding hydrogens is 186 g/mol. The Morgan fingerprint density at radius 3 is 2.73 bits per heavy atom. The molecule has 1 fully saturated rings. The van der Waals surface area contributed by atoms with E-state index in [1.807, 2.05) is 0 Å². The number of rotatable bonds is 2. The number of aryl methyl sites for hydroxylation is 1. The maximum atomic E-state index is 6.16. The van der Waals surface area contributed by atoms with Gasteiger partial charge in [-0.3, -0.25) is 0 Å². The summed E-state index contributed by atoms with van der Waals surface area (Å²) in [4.78, 5) is 0. The number of nitrogens with two attached hydrogens (primary N) is 1. The standard InChI is InChI=1S/C12H17N3/c13-12-9-5-2-6-10(9)14-15-11(12)7-8-3-1-4-8/h8H,1-7H2,(H2,13,14). The summed E-state index contributed by atoms with van der Waals surface area (Å²) in [5, 5.41) is 8.60. The summed E-state index contributed by atoms with van der Waals surface area (Å²) < 4.78 is 0. The van der Waals surface area contributed by atoms with Gasteiger partial charge in [0.2, 0.25) is 0 Å². The van der Waals surface area contributed by atoms with Crippen LogP contribution in [-0.2, 0) is 19.3 Å². The summed E-state index contributed by atoms with van der Waals surface area (Å²) in [5.74, 6) is 0.820. The molecule has 1 aromatic heterocycles. The molecule has 2 aliphatic rings. The summed E-state index contributed by atoms with van der Waals surface area (Å²) in [6.45, 7) is 0. The molecule has 0 unspecified atom stereocenters. The van der Waals surface area contributed by atoms with Crippen LogP contribution in [0.5, 0.6) is 0 Å². The molecule has 2 aliphatic carbocycles. The predicted molar refractivity (Wildman–Crippen MR) is 59.5 cm³/mol. The quantitative estimate of drug-likeness (QED) is 0.798. The number of anilines is 1. The highest BCUT2D eigenvalue weighted by atomic mass is 15.1. The predicted octanol–water partition coefficient (Wildman–Crippen LogP) is 1.89. The lowest BCUT2D eigenvalue weighted by atomic mass is 9.82. The summed E-state index contributed by atoms with van der Waals surface area (Å²) in [7, 11) is 0. The maximum absolute atomic E-state index is 6.16. The molecule has 0 atom stereocenters. The molecule has 1 heterocycles. The van der Waals surface area contributed by atoms with E-state index in [4.69, 9.17) is 5.73 Å². The molecular formula is C12H17N3. The van der Waals surface area contributed by atoms with E-state index in [2.05, 4.69) is 10.2 Å². The highest BCUT2D eigenvalue weighted by Gasteiger charge is 2.23. The molecule has 0 bridgehead atoms. The van der Waals surface area contributed by atoms with Crippen LogP contribution in [0.25, 0.3) is 0 Å². The molecule has 0 spiro atoms. The largest absolute Gasteiger partial charge is 0.397 e. The van der Waals surface area contributed by atoms with E-state index < -0.39 is 0 Å². The number of fused-ring (bicyclic) bond motifs is 1. The summed E-state index contributed by atoms with van der Waals surface area (Å²) in [6.07, 6.45) is 8.48. The van der Waals surface area contributed by atoms with Crippen molar-refractivity contribution in [2.24, 2.45) is 5.92 Å². The van der Waals surface area contributed by atoms with Crippen molar-refractivity contribution in [1.82, 2.24) is 10.2 Å². The third-order valence-electron chi connectivity index (χ3n) is 3.82. The molecule has 0 amide bonds. The average Bonchev–Trinajstić information content (AvgIpc) is 2.62. The van der Waals surface area contributed by atoms with Crippen LogP contribution in [0.1, 0.15) is 42.6 Å². The van der Waals surface area contributed by atoms with Gasteiger partial charge < -0.3 is 5.73 Å². The average molecular weight is 203 g/mol. The van der Waals surface area contributed by atoms with Gasteiger partial charge in [-0.25, -0.2) is 0 Å². The molecule has 0 aromatic carbocycles. The number of hydrogen-bond donors (Lipinski definition) is 1. The van der Waals surface area contributed by atoms with Crippen molar-refractivity contribution in [2.45, 2.75) is 44.9 Å². The molecule has 15 heavy (non-hydrogen) atoms. The van der Waals surface area contributed by atoms with E-state index in [0.717, 1.165) is 42.3 Å². The highest BCUT2D eigenvalue weighted by molar-refractivity contribution is 5.53. The molecule has 1 saturated carbocycles. The van der Waals surface area contributed by atoms with Crippen LogP contribution in [0.2, 0.25) is 0 Å². The molecule has 3 nitrogen and oxygen atoms in total. The number of aromatic nitrogens is 2. The lowest BCUT2D eigenvalue weighted by molar-refractivity contribution is 0.311. The van der Waals surface area contributed by atoms with Gasteiger partial charge in [0, 0.05) is 5.56 Å². The zero-order chi connectivity index (χ0) is 10.3. The Bertz CT molecular complexity index is 383. The summed E-state index contributed by atoms with van der Waals surface area (Å²) in [6, 6.07) is 0. The smallest absolute Gasteiger partial charge is 0.0865 e. The lowest BCUT2D eigenvalue weighted by Gasteiger charge is -2.25.